The zero-order valence-electron chi connectivity index (χ0n) is 17.4. The molecule has 0 unspecified atom stereocenters. The summed E-state index contributed by atoms with van der Waals surface area (Å²) in [5.41, 5.74) is 1.37. The number of nitrogens with zero attached hydrogens (tertiary/aromatic N) is 3. The summed E-state index contributed by atoms with van der Waals surface area (Å²) in [6, 6.07) is 10.6. The van der Waals surface area contributed by atoms with Gasteiger partial charge in [-0.15, -0.1) is 0 Å². The van der Waals surface area contributed by atoms with E-state index < -0.39 is 5.60 Å². The lowest BCUT2D eigenvalue weighted by molar-refractivity contribution is 0.0129. The van der Waals surface area contributed by atoms with E-state index in [-0.39, 0.29) is 6.09 Å². The summed E-state index contributed by atoms with van der Waals surface area (Å²) in [6.07, 6.45) is 1.65. The van der Waals surface area contributed by atoms with E-state index in [0.717, 1.165) is 37.1 Å². The molecule has 27 heavy (non-hydrogen) atoms. The zero-order valence-corrected chi connectivity index (χ0v) is 17.4. The minimum atomic E-state index is -0.460. The molecular weight excluding hydrogens is 338 g/mol. The summed E-state index contributed by atoms with van der Waals surface area (Å²) in [4.78, 5) is 16.6. The molecule has 2 rings (SSSR count). The van der Waals surface area contributed by atoms with Crippen LogP contribution in [0.3, 0.4) is 0 Å². The minimum absolute atomic E-state index is 0.216. The lowest BCUT2D eigenvalue weighted by Gasteiger charge is -2.39. The van der Waals surface area contributed by atoms with Gasteiger partial charge in [-0.25, -0.2) is 4.79 Å². The molecule has 0 atom stereocenters. The third-order valence-corrected chi connectivity index (χ3v) is 4.74. The van der Waals surface area contributed by atoms with Crippen LogP contribution in [0.2, 0.25) is 0 Å². The van der Waals surface area contributed by atoms with Crippen LogP contribution in [0.15, 0.2) is 24.3 Å². The monoisotopic (exact) mass is 371 g/mol. The highest BCUT2D eigenvalue weighted by Gasteiger charge is 2.30. The Morgan fingerprint density at radius 2 is 1.93 bits per heavy atom. The van der Waals surface area contributed by atoms with Crippen LogP contribution in [0.25, 0.3) is 0 Å². The summed E-state index contributed by atoms with van der Waals surface area (Å²) in [5.74, 6) is 0.545. The first-order valence-electron chi connectivity index (χ1n) is 9.89. The van der Waals surface area contributed by atoms with Crippen molar-refractivity contribution < 1.29 is 9.53 Å². The molecule has 5 heteroatoms. The highest BCUT2D eigenvalue weighted by atomic mass is 16.6. The van der Waals surface area contributed by atoms with E-state index in [0.29, 0.717) is 25.0 Å². The second kappa shape index (κ2) is 9.23. The Bertz CT molecular complexity index is 665. The predicted octanol–water partition coefficient (Wildman–Crippen LogP) is 4.42. The molecule has 5 nitrogen and oxygen atoms in total. The van der Waals surface area contributed by atoms with Crippen molar-refractivity contribution in [2.75, 3.05) is 19.6 Å². The van der Waals surface area contributed by atoms with E-state index in [1.807, 2.05) is 49.9 Å². The molecule has 1 saturated heterocycles. The average Bonchev–Trinajstić information content (AvgIpc) is 2.60. The van der Waals surface area contributed by atoms with Crippen molar-refractivity contribution in [2.24, 2.45) is 5.92 Å². The first-order chi connectivity index (χ1) is 12.7. The molecule has 1 aromatic rings. The Balaban J connectivity index is 2.02. The fourth-order valence-corrected chi connectivity index (χ4v) is 3.54. The highest BCUT2D eigenvalue weighted by molar-refractivity contribution is 5.68. The fraction of sp³-hybridized carbons (Fsp3) is 0.636. The van der Waals surface area contributed by atoms with Crippen molar-refractivity contribution in [3.05, 3.63) is 35.4 Å². The van der Waals surface area contributed by atoms with Gasteiger partial charge in [0, 0.05) is 32.2 Å². The number of ether oxygens (including phenoxy) is 1. The van der Waals surface area contributed by atoms with Gasteiger partial charge in [0.1, 0.15) is 5.60 Å². The predicted molar refractivity (Wildman–Crippen MR) is 107 cm³/mol. The van der Waals surface area contributed by atoms with Gasteiger partial charge in [0.25, 0.3) is 0 Å². The number of carbonyl (C=O) groups is 1. The molecular formula is C22H33N3O2. The molecule has 148 valence electrons. The number of hydrogen-bond acceptors (Lipinski definition) is 4. The molecule has 1 aromatic carbocycles. The van der Waals surface area contributed by atoms with E-state index in [9.17, 15) is 10.1 Å². The summed E-state index contributed by atoms with van der Waals surface area (Å²) in [7, 11) is 0. The summed E-state index contributed by atoms with van der Waals surface area (Å²) in [6.45, 7) is 13.3. The van der Waals surface area contributed by atoms with Gasteiger partial charge in [0.15, 0.2) is 0 Å². The van der Waals surface area contributed by atoms with Crippen LogP contribution in [0.5, 0.6) is 0 Å². The van der Waals surface area contributed by atoms with E-state index in [2.05, 4.69) is 24.8 Å². The van der Waals surface area contributed by atoms with Crippen LogP contribution < -0.4 is 0 Å². The zero-order chi connectivity index (χ0) is 20.0. The molecule has 0 N–H and O–H groups in total. The number of nitriles is 1. The van der Waals surface area contributed by atoms with Crippen molar-refractivity contribution in [3.8, 4) is 6.07 Å². The van der Waals surface area contributed by atoms with Crippen molar-refractivity contribution in [3.63, 3.8) is 0 Å². The van der Waals surface area contributed by atoms with Gasteiger partial charge in [-0.1, -0.05) is 32.0 Å². The Morgan fingerprint density at radius 1 is 1.30 bits per heavy atom. The normalized spacial score (nSPS) is 15.9. The number of rotatable bonds is 5. The van der Waals surface area contributed by atoms with Gasteiger partial charge in [0.05, 0.1) is 11.6 Å². The SMILES string of the molecule is CC(C)CN(Cc1ccccc1C#N)C1CCN(C(=O)OC(C)(C)C)CC1. The largest absolute Gasteiger partial charge is 0.444 e. The van der Waals surface area contributed by atoms with Crippen molar-refractivity contribution >= 4 is 6.09 Å². The van der Waals surface area contributed by atoms with Crippen molar-refractivity contribution in [1.82, 2.24) is 9.80 Å². The van der Waals surface area contributed by atoms with Gasteiger partial charge < -0.3 is 9.64 Å². The van der Waals surface area contributed by atoms with Gasteiger partial charge in [-0.2, -0.15) is 5.26 Å². The number of hydrogen-bond donors (Lipinski definition) is 0. The maximum absolute atomic E-state index is 12.3. The quantitative estimate of drug-likeness (QED) is 0.769. The smallest absolute Gasteiger partial charge is 0.410 e. The molecule has 1 aliphatic heterocycles. The van der Waals surface area contributed by atoms with Crippen LogP contribution in [-0.2, 0) is 11.3 Å². The molecule has 0 aromatic heterocycles. The number of amides is 1. The molecule has 0 bridgehead atoms. The first kappa shape index (κ1) is 21.2. The average molecular weight is 372 g/mol. The topological polar surface area (TPSA) is 56.6 Å². The summed E-state index contributed by atoms with van der Waals surface area (Å²) < 4.78 is 5.50. The maximum Gasteiger partial charge on any atom is 0.410 e. The Morgan fingerprint density at radius 3 is 2.48 bits per heavy atom. The summed E-state index contributed by atoms with van der Waals surface area (Å²) >= 11 is 0. The van der Waals surface area contributed by atoms with Crippen LogP contribution in [-0.4, -0.2) is 47.2 Å². The molecule has 0 aliphatic carbocycles. The molecule has 0 radical (unpaired) electrons. The molecule has 0 spiro atoms. The van der Waals surface area contributed by atoms with Crippen LogP contribution in [0.4, 0.5) is 4.79 Å². The lowest BCUT2D eigenvalue weighted by Crippen LogP contribution is -2.48. The number of carbonyl (C=O) groups excluding carboxylic acids is 1. The van der Waals surface area contributed by atoms with Gasteiger partial charge in [0.2, 0.25) is 0 Å². The second-order valence-corrected chi connectivity index (χ2v) is 8.79. The maximum atomic E-state index is 12.3. The van der Waals surface area contributed by atoms with Crippen LogP contribution in [0.1, 0.15) is 58.6 Å². The van der Waals surface area contributed by atoms with Gasteiger partial charge in [-0.3, -0.25) is 4.90 Å². The number of benzene rings is 1. The van der Waals surface area contributed by atoms with Crippen LogP contribution in [0, 0.1) is 17.2 Å². The summed E-state index contributed by atoms with van der Waals surface area (Å²) in [5, 5.41) is 9.39. The number of likely N-dealkylation sites (tertiary alicyclic amines) is 1. The minimum Gasteiger partial charge on any atom is -0.444 e. The lowest BCUT2D eigenvalue weighted by atomic mass is 9.99. The van der Waals surface area contributed by atoms with E-state index in [1.165, 1.54) is 0 Å². The van der Waals surface area contributed by atoms with E-state index >= 15 is 0 Å². The van der Waals surface area contributed by atoms with E-state index in [1.54, 1.807) is 0 Å². The highest BCUT2D eigenvalue weighted by Crippen LogP contribution is 2.23. The Kier molecular flexibility index (Phi) is 7.26. The van der Waals surface area contributed by atoms with Gasteiger partial charge >= 0.3 is 6.09 Å². The third-order valence-electron chi connectivity index (χ3n) is 4.74. The first-order valence-corrected chi connectivity index (χ1v) is 9.89. The fourth-order valence-electron chi connectivity index (χ4n) is 3.54. The Hall–Kier alpha value is -2.06. The standard InChI is InChI=1S/C22H33N3O2/c1-17(2)15-25(16-19-9-7-6-8-18(19)14-23)20-10-12-24(13-11-20)21(26)27-22(3,4)5/h6-9,17,20H,10-13,15-16H2,1-5H3. The molecule has 1 aliphatic rings. The molecule has 0 saturated carbocycles. The molecule has 1 heterocycles. The van der Waals surface area contributed by atoms with E-state index in [4.69, 9.17) is 4.74 Å². The third kappa shape index (κ3) is 6.55. The second-order valence-electron chi connectivity index (χ2n) is 8.79. The Labute approximate surface area is 163 Å². The van der Waals surface area contributed by atoms with Gasteiger partial charge in [-0.05, 0) is 51.2 Å². The molecule has 1 fully saturated rings. The molecule has 1 amide bonds. The van der Waals surface area contributed by atoms with Crippen molar-refractivity contribution in [2.45, 2.75) is 65.6 Å². The van der Waals surface area contributed by atoms with Crippen LogP contribution >= 0.6 is 0 Å². The van der Waals surface area contributed by atoms with Crippen molar-refractivity contribution in [1.29, 1.82) is 5.26 Å². The number of piperidine rings is 1.